The minimum Gasteiger partial charge on any atom is -0.355 e. The second kappa shape index (κ2) is 7.38. The van der Waals surface area contributed by atoms with Gasteiger partial charge >= 0.3 is 0 Å². The van der Waals surface area contributed by atoms with Crippen molar-refractivity contribution in [2.24, 2.45) is 0 Å². The third-order valence-corrected chi connectivity index (χ3v) is 4.90. The molecule has 0 unspecified atom stereocenters. The van der Waals surface area contributed by atoms with Crippen molar-refractivity contribution >= 4 is 33.9 Å². The first-order valence-corrected chi connectivity index (χ1v) is 9.37. The molecule has 0 aliphatic rings. The van der Waals surface area contributed by atoms with E-state index in [0.717, 1.165) is 33.7 Å². The van der Waals surface area contributed by atoms with Gasteiger partial charge in [0.15, 0.2) is 0 Å². The van der Waals surface area contributed by atoms with Crippen LogP contribution < -0.4 is 5.32 Å². The Morgan fingerprint density at radius 1 is 1.00 bits per heavy atom. The molecule has 0 fully saturated rings. The minimum absolute atomic E-state index is 0.0582. The van der Waals surface area contributed by atoms with E-state index in [1.165, 1.54) is 0 Å². The zero-order valence-electron chi connectivity index (χ0n) is 16.5. The highest BCUT2D eigenvalue weighted by Gasteiger charge is 2.14. The van der Waals surface area contributed by atoms with Gasteiger partial charge in [-0.1, -0.05) is 0 Å². The number of aromatic amines is 2. The molecule has 4 rings (SSSR count). The summed E-state index contributed by atoms with van der Waals surface area (Å²) in [5.74, 6) is 1.39. The van der Waals surface area contributed by atoms with Crippen LogP contribution in [0.5, 0.6) is 0 Å². The van der Waals surface area contributed by atoms with Crippen LogP contribution >= 0.6 is 0 Å². The van der Waals surface area contributed by atoms with Gasteiger partial charge in [-0.05, 0) is 43.3 Å². The maximum absolute atomic E-state index is 12.8. The van der Waals surface area contributed by atoms with Crippen molar-refractivity contribution in [2.45, 2.75) is 13.3 Å². The summed E-state index contributed by atoms with van der Waals surface area (Å²) in [6.45, 7) is 2.40. The Kier molecular flexibility index (Phi) is 4.75. The lowest BCUT2D eigenvalue weighted by atomic mass is 10.1. The molecule has 3 N–H and O–H groups in total. The highest BCUT2D eigenvalue weighted by molar-refractivity contribution is 5.98. The molecule has 2 heterocycles. The lowest BCUT2D eigenvalue weighted by Gasteiger charge is -2.16. The number of fused-ring (bicyclic) bond motifs is 2. The second-order valence-corrected chi connectivity index (χ2v) is 7.03. The number of rotatable bonds is 5. The van der Waals surface area contributed by atoms with Gasteiger partial charge in [-0.2, -0.15) is 0 Å². The van der Waals surface area contributed by atoms with E-state index < -0.39 is 0 Å². The molecule has 0 bridgehead atoms. The number of carbonyl (C=O) groups excluding carboxylic acids is 2. The number of benzene rings is 2. The summed E-state index contributed by atoms with van der Waals surface area (Å²) >= 11 is 0. The quantitative estimate of drug-likeness (QED) is 0.486. The molecule has 4 aromatic rings. The predicted molar refractivity (Wildman–Crippen MR) is 111 cm³/mol. The predicted octanol–water partition coefficient (Wildman–Crippen LogP) is 2.42. The van der Waals surface area contributed by atoms with Crippen molar-refractivity contribution < 1.29 is 9.59 Å². The fourth-order valence-electron chi connectivity index (χ4n) is 3.33. The number of carbonyl (C=O) groups is 2. The molecule has 0 radical (unpaired) electrons. The number of aryl methyl sites for hydroxylation is 1. The van der Waals surface area contributed by atoms with Gasteiger partial charge in [-0.15, -0.1) is 0 Å². The van der Waals surface area contributed by atoms with E-state index in [-0.39, 0.29) is 11.8 Å². The number of likely N-dealkylation sites (N-methyl/N-ethyl adjacent to an activating group) is 1. The highest BCUT2D eigenvalue weighted by Crippen LogP contribution is 2.16. The molecule has 2 aromatic heterocycles. The summed E-state index contributed by atoms with van der Waals surface area (Å²) in [4.78, 5) is 41.5. The monoisotopic (exact) mass is 390 g/mol. The third kappa shape index (κ3) is 3.69. The molecule has 0 aliphatic heterocycles. The maximum atomic E-state index is 12.8. The average molecular weight is 390 g/mol. The molecular formula is C21H22N6O2. The Labute approximate surface area is 167 Å². The van der Waals surface area contributed by atoms with Crippen LogP contribution in [0.15, 0.2) is 36.4 Å². The Hall–Kier alpha value is -3.68. The fraction of sp³-hybridized carbons (Fsp3) is 0.238. The van der Waals surface area contributed by atoms with E-state index in [4.69, 9.17) is 0 Å². The molecule has 0 atom stereocenters. The molecule has 29 heavy (non-hydrogen) atoms. The number of aromatic nitrogens is 4. The van der Waals surface area contributed by atoms with E-state index >= 15 is 0 Å². The van der Waals surface area contributed by atoms with Crippen molar-refractivity contribution in [2.75, 3.05) is 20.6 Å². The Morgan fingerprint density at radius 3 is 2.41 bits per heavy atom. The summed E-state index contributed by atoms with van der Waals surface area (Å²) in [6, 6.07) is 10.8. The number of hydrogen-bond donors (Lipinski definition) is 3. The van der Waals surface area contributed by atoms with Crippen LogP contribution in [-0.4, -0.2) is 57.3 Å². The van der Waals surface area contributed by atoms with Crippen LogP contribution in [0.4, 0.5) is 0 Å². The number of nitrogens with one attached hydrogen (secondary N) is 3. The van der Waals surface area contributed by atoms with E-state index in [9.17, 15) is 9.59 Å². The van der Waals surface area contributed by atoms with Crippen molar-refractivity contribution in [3.05, 3.63) is 59.2 Å². The lowest BCUT2D eigenvalue weighted by Crippen LogP contribution is -2.29. The van der Waals surface area contributed by atoms with Gasteiger partial charge in [-0.3, -0.25) is 9.59 Å². The van der Waals surface area contributed by atoms with Crippen molar-refractivity contribution in [3.63, 3.8) is 0 Å². The van der Waals surface area contributed by atoms with Crippen LogP contribution in [0.25, 0.3) is 22.1 Å². The van der Waals surface area contributed by atoms with Gasteiger partial charge in [0.2, 0.25) is 0 Å². The van der Waals surface area contributed by atoms with E-state index in [1.54, 1.807) is 37.2 Å². The van der Waals surface area contributed by atoms with Gasteiger partial charge in [0.05, 0.1) is 22.1 Å². The summed E-state index contributed by atoms with van der Waals surface area (Å²) < 4.78 is 0. The molecule has 8 nitrogen and oxygen atoms in total. The molecule has 0 saturated heterocycles. The number of H-pyrrole nitrogens is 2. The summed E-state index contributed by atoms with van der Waals surface area (Å²) in [5, 5.41) is 2.61. The molecule has 0 saturated carbocycles. The van der Waals surface area contributed by atoms with Crippen LogP contribution in [0.3, 0.4) is 0 Å². The van der Waals surface area contributed by atoms with Crippen molar-refractivity contribution in [1.82, 2.24) is 30.2 Å². The normalized spacial score (nSPS) is 11.1. The van der Waals surface area contributed by atoms with E-state index in [2.05, 4.69) is 25.3 Å². The molecule has 8 heteroatoms. The first kappa shape index (κ1) is 18.7. The zero-order valence-corrected chi connectivity index (χ0v) is 16.5. The Bertz CT molecular complexity index is 1220. The fourth-order valence-corrected chi connectivity index (χ4v) is 3.33. The van der Waals surface area contributed by atoms with Gasteiger partial charge in [0.1, 0.15) is 11.6 Å². The second-order valence-electron chi connectivity index (χ2n) is 7.03. The molecular weight excluding hydrogens is 368 g/mol. The molecule has 0 spiro atoms. The summed E-state index contributed by atoms with van der Waals surface area (Å²) in [7, 11) is 3.38. The van der Waals surface area contributed by atoms with Gasteiger partial charge in [-0.25, -0.2) is 9.97 Å². The number of amides is 2. The molecule has 0 aliphatic carbocycles. The topological polar surface area (TPSA) is 107 Å². The first-order valence-electron chi connectivity index (χ1n) is 9.37. The van der Waals surface area contributed by atoms with Gasteiger partial charge < -0.3 is 20.2 Å². The van der Waals surface area contributed by atoms with Crippen LogP contribution in [0.2, 0.25) is 0 Å². The Balaban J connectivity index is 1.45. The molecule has 148 valence electrons. The number of nitrogens with zero attached hydrogens (tertiary/aromatic N) is 3. The largest absolute Gasteiger partial charge is 0.355 e. The summed E-state index contributed by atoms with van der Waals surface area (Å²) in [6.07, 6.45) is 0.581. The van der Waals surface area contributed by atoms with E-state index in [0.29, 0.717) is 24.1 Å². The first-order chi connectivity index (χ1) is 13.9. The SMILES string of the molecule is CNC(=O)c1ccc2nc(CCN(C)C(=O)c3ccc4nc(C)[nH]c4c3)[nH]c2c1. The standard InChI is InChI=1S/C21H22N6O2/c1-12-23-15-7-5-14(11-17(15)24-12)21(29)27(3)9-8-19-25-16-6-4-13(20(28)22-2)10-18(16)26-19/h4-7,10-11H,8-9H2,1-3H3,(H,22,28)(H,23,24)(H,25,26). The van der Waals surface area contributed by atoms with Crippen molar-refractivity contribution in [1.29, 1.82) is 0 Å². The summed E-state index contributed by atoms with van der Waals surface area (Å²) in [5.41, 5.74) is 4.48. The third-order valence-electron chi connectivity index (χ3n) is 4.90. The Morgan fingerprint density at radius 2 is 1.66 bits per heavy atom. The van der Waals surface area contributed by atoms with Crippen LogP contribution in [0, 0.1) is 6.92 Å². The number of hydrogen-bond acceptors (Lipinski definition) is 4. The van der Waals surface area contributed by atoms with Gasteiger partial charge in [0, 0.05) is 38.2 Å². The van der Waals surface area contributed by atoms with Crippen molar-refractivity contribution in [3.8, 4) is 0 Å². The zero-order chi connectivity index (χ0) is 20.5. The lowest BCUT2D eigenvalue weighted by molar-refractivity contribution is 0.0796. The smallest absolute Gasteiger partial charge is 0.253 e. The highest BCUT2D eigenvalue weighted by atomic mass is 16.2. The maximum Gasteiger partial charge on any atom is 0.253 e. The van der Waals surface area contributed by atoms with Crippen LogP contribution in [0.1, 0.15) is 32.4 Å². The average Bonchev–Trinajstić information content (AvgIpc) is 3.31. The van der Waals surface area contributed by atoms with Gasteiger partial charge in [0.25, 0.3) is 11.8 Å². The minimum atomic E-state index is -0.141. The van der Waals surface area contributed by atoms with E-state index in [1.807, 2.05) is 25.1 Å². The molecule has 2 amide bonds. The van der Waals surface area contributed by atoms with Crippen LogP contribution in [-0.2, 0) is 6.42 Å². The number of imidazole rings is 2. The molecule has 2 aromatic carbocycles.